The van der Waals surface area contributed by atoms with Gasteiger partial charge >= 0.3 is 0 Å². The smallest absolute Gasteiger partial charge is 0.254 e. The quantitative estimate of drug-likeness (QED) is 0.536. The Morgan fingerprint density at radius 3 is 2.36 bits per heavy atom. The summed E-state index contributed by atoms with van der Waals surface area (Å²) in [4.78, 5) is 32.0. The Kier molecular flexibility index (Phi) is 8.74. The fourth-order valence-electron chi connectivity index (χ4n) is 4.56. The number of ether oxygens (including phenoxy) is 2. The Balaban J connectivity index is 1.95. The maximum absolute atomic E-state index is 13.6. The van der Waals surface area contributed by atoms with Crippen molar-refractivity contribution in [3.8, 4) is 11.5 Å². The van der Waals surface area contributed by atoms with Gasteiger partial charge in [0.2, 0.25) is 5.91 Å². The second kappa shape index (κ2) is 11.5. The van der Waals surface area contributed by atoms with Crippen LogP contribution in [0.1, 0.15) is 59.4 Å². The Morgan fingerprint density at radius 2 is 1.79 bits per heavy atom. The molecule has 2 unspecified atom stereocenters. The normalized spacial score (nSPS) is 17.8. The number of rotatable bonds is 11. The number of likely N-dealkylation sites (N-methyl/N-ethyl adjacent to an activating group) is 1. The van der Waals surface area contributed by atoms with Crippen LogP contribution < -0.4 is 14.8 Å². The van der Waals surface area contributed by atoms with Gasteiger partial charge in [0.25, 0.3) is 5.91 Å². The van der Waals surface area contributed by atoms with Crippen LogP contribution >= 0.6 is 11.3 Å². The molecule has 7 nitrogen and oxygen atoms in total. The van der Waals surface area contributed by atoms with E-state index >= 15 is 0 Å². The highest BCUT2D eigenvalue weighted by Crippen LogP contribution is 2.46. The zero-order valence-electron chi connectivity index (χ0n) is 20.2. The van der Waals surface area contributed by atoms with Crippen molar-refractivity contribution in [3.63, 3.8) is 0 Å². The van der Waals surface area contributed by atoms with E-state index in [0.717, 1.165) is 37.4 Å². The number of nitrogens with zero attached hydrogens (tertiary/aromatic N) is 2. The lowest BCUT2D eigenvalue weighted by molar-refractivity contribution is -0.124. The van der Waals surface area contributed by atoms with Crippen molar-refractivity contribution in [3.05, 3.63) is 45.6 Å². The second-order valence-electron chi connectivity index (χ2n) is 8.28. The molecule has 2 atom stereocenters. The van der Waals surface area contributed by atoms with Crippen LogP contribution in [0.3, 0.4) is 0 Å². The minimum atomic E-state index is -0.549. The van der Waals surface area contributed by atoms with Gasteiger partial charge in [-0.15, -0.1) is 11.3 Å². The molecular weight excluding hydrogens is 438 g/mol. The molecule has 0 fully saturated rings. The molecule has 33 heavy (non-hydrogen) atoms. The first-order valence-electron chi connectivity index (χ1n) is 11.5. The van der Waals surface area contributed by atoms with Crippen molar-refractivity contribution in [1.29, 1.82) is 0 Å². The molecule has 3 rings (SSSR count). The fourth-order valence-corrected chi connectivity index (χ4v) is 5.47. The number of hydrogen-bond acceptors (Lipinski definition) is 6. The number of fused-ring (bicyclic) bond motifs is 1. The summed E-state index contributed by atoms with van der Waals surface area (Å²) in [6.45, 7) is 7.73. The van der Waals surface area contributed by atoms with Crippen molar-refractivity contribution in [2.75, 3.05) is 47.4 Å². The van der Waals surface area contributed by atoms with Gasteiger partial charge in [-0.2, -0.15) is 0 Å². The topological polar surface area (TPSA) is 71.1 Å². The molecule has 8 heteroatoms. The molecule has 2 aromatic rings. The van der Waals surface area contributed by atoms with Crippen molar-refractivity contribution in [2.45, 2.75) is 38.6 Å². The lowest BCUT2D eigenvalue weighted by Crippen LogP contribution is -2.46. The Morgan fingerprint density at radius 1 is 1.12 bits per heavy atom. The Labute approximate surface area is 200 Å². The summed E-state index contributed by atoms with van der Waals surface area (Å²) in [5.74, 6) is 0.210. The maximum atomic E-state index is 13.6. The number of benzene rings is 1. The molecular formula is C25H35N3O4S. The highest BCUT2D eigenvalue weighted by molar-refractivity contribution is 7.10. The molecule has 1 N–H and O–H groups in total. The molecule has 180 valence electrons. The average molecular weight is 474 g/mol. The average Bonchev–Trinajstić information content (AvgIpc) is 3.35. The first kappa shape index (κ1) is 25.1. The van der Waals surface area contributed by atoms with Crippen LogP contribution in [-0.4, -0.2) is 69.1 Å². The molecule has 1 aliphatic heterocycles. The van der Waals surface area contributed by atoms with Crippen molar-refractivity contribution in [2.24, 2.45) is 0 Å². The summed E-state index contributed by atoms with van der Waals surface area (Å²) < 4.78 is 10.9. The predicted octanol–water partition coefficient (Wildman–Crippen LogP) is 3.91. The molecule has 1 aromatic heterocycles. The highest BCUT2D eigenvalue weighted by Gasteiger charge is 2.44. The number of methoxy groups -OCH3 is 2. The van der Waals surface area contributed by atoms with Crippen molar-refractivity contribution < 1.29 is 19.1 Å². The Hall–Kier alpha value is -2.58. The van der Waals surface area contributed by atoms with Crippen molar-refractivity contribution >= 4 is 23.2 Å². The van der Waals surface area contributed by atoms with Gasteiger partial charge in [-0.3, -0.25) is 9.59 Å². The van der Waals surface area contributed by atoms with Gasteiger partial charge in [0, 0.05) is 30.6 Å². The summed E-state index contributed by atoms with van der Waals surface area (Å²) in [7, 11) is 4.86. The molecule has 0 saturated carbocycles. The number of amides is 2. The third-order valence-electron chi connectivity index (χ3n) is 6.10. The lowest BCUT2D eigenvalue weighted by atomic mass is 9.81. The minimum absolute atomic E-state index is 0.0887. The summed E-state index contributed by atoms with van der Waals surface area (Å²) >= 11 is 1.55. The first-order valence-corrected chi connectivity index (χ1v) is 12.4. The van der Waals surface area contributed by atoms with E-state index in [1.165, 1.54) is 7.11 Å². The van der Waals surface area contributed by atoms with Gasteiger partial charge in [0.15, 0.2) is 11.5 Å². The van der Waals surface area contributed by atoms with Gasteiger partial charge in [-0.1, -0.05) is 19.9 Å². The number of carbonyl (C=O) groups excluding carboxylic acids is 2. The Bertz CT molecular complexity index is 941. The molecule has 0 radical (unpaired) electrons. The molecule has 0 bridgehead atoms. The van der Waals surface area contributed by atoms with Gasteiger partial charge in [0.05, 0.1) is 26.2 Å². The van der Waals surface area contributed by atoms with Crippen LogP contribution in [0.4, 0.5) is 0 Å². The standard InChI is InChI=1S/C25H35N3O4S/c1-6-11-28(12-7-2)13-10-26-24(29)22-17-15-19(31-4)20(32-5)16-18(17)25(30)27(3)23(22)21-9-8-14-33-21/h8-9,14-16,22-23H,6-7,10-13H2,1-5H3,(H,26,29). The second-order valence-corrected chi connectivity index (χ2v) is 9.26. The van der Waals surface area contributed by atoms with E-state index in [2.05, 4.69) is 24.1 Å². The number of carbonyl (C=O) groups is 2. The summed E-state index contributed by atoms with van der Waals surface area (Å²) in [6, 6.07) is 7.01. The first-order chi connectivity index (χ1) is 16.0. The largest absolute Gasteiger partial charge is 0.493 e. The number of nitrogens with one attached hydrogen (secondary N) is 1. The predicted molar refractivity (Wildman–Crippen MR) is 131 cm³/mol. The monoisotopic (exact) mass is 473 g/mol. The fraction of sp³-hybridized carbons (Fsp3) is 0.520. The zero-order chi connectivity index (χ0) is 24.0. The van der Waals surface area contributed by atoms with Crippen LogP contribution in [0, 0.1) is 0 Å². The van der Waals surface area contributed by atoms with Crippen LogP contribution in [0.2, 0.25) is 0 Å². The van der Waals surface area contributed by atoms with Crippen LogP contribution in [0.15, 0.2) is 29.6 Å². The van der Waals surface area contributed by atoms with E-state index in [9.17, 15) is 9.59 Å². The van der Waals surface area contributed by atoms with Crippen molar-refractivity contribution in [1.82, 2.24) is 15.1 Å². The van der Waals surface area contributed by atoms with Gasteiger partial charge in [0.1, 0.15) is 0 Å². The molecule has 2 heterocycles. The highest BCUT2D eigenvalue weighted by atomic mass is 32.1. The van der Waals surface area contributed by atoms with E-state index in [1.54, 1.807) is 42.5 Å². The number of hydrogen-bond donors (Lipinski definition) is 1. The molecule has 0 saturated heterocycles. The number of thiophene rings is 1. The molecule has 0 spiro atoms. The molecule has 2 amide bonds. The van der Waals surface area contributed by atoms with E-state index in [4.69, 9.17) is 9.47 Å². The zero-order valence-corrected chi connectivity index (χ0v) is 21.0. The maximum Gasteiger partial charge on any atom is 0.254 e. The van der Waals surface area contributed by atoms with Gasteiger partial charge in [-0.25, -0.2) is 0 Å². The summed E-state index contributed by atoms with van der Waals surface area (Å²) in [5, 5.41) is 5.12. The van der Waals surface area contributed by atoms with E-state index < -0.39 is 5.92 Å². The van der Waals surface area contributed by atoms with Gasteiger partial charge < -0.3 is 24.6 Å². The minimum Gasteiger partial charge on any atom is -0.493 e. The summed E-state index contributed by atoms with van der Waals surface area (Å²) in [5.41, 5.74) is 1.15. The lowest BCUT2D eigenvalue weighted by Gasteiger charge is -2.39. The van der Waals surface area contributed by atoms with E-state index in [0.29, 0.717) is 29.2 Å². The molecule has 1 aliphatic rings. The third kappa shape index (κ3) is 5.33. The van der Waals surface area contributed by atoms with Crippen LogP contribution in [-0.2, 0) is 4.79 Å². The third-order valence-corrected chi connectivity index (χ3v) is 7.04. The van der Waals surface area contributed by atoms with Gasteiger partial charge in [-0.05, 0) is 55.1 Å². The van der Waals surface area contributed by atoms with E-state index in [1.807, 2.05) is 17.5 Å². The molecule has 1 aromatic carbocycles. The SMILES string of the molecule is CCCN(CCC)CCNC(=O)C1c2cc(OC)c(OC)cc2C(=O)N(C)C1c1cccs1. The summed E-state index contributed by atoms with van der Waals surface area (Å²) in [6.07, 6.45) is 2.16. The van der Waals surface area contributed by atoms with Crippen LogP contribution in [0.25, 0.3) is 0 Å². The van der Waals surface area contributed by atoms with E-state index in [-0.39, 0.29) is 17.9 Å². The molecule has 0 aliphatic carbocycles. The van der Waals surface area contributed by atoms with Crippen LogP contribution in [0.5, 0.6) is 11.5 Å².